The summed E-state index contributed by atoms with van der Waals surface area (Å²) in [4.78, 5) is 1.82. The molecular formula is C16H27FN2O. The summed E-state index contributed by atoms with van der Waals surface area (Å²) in [5.41, 5.74) is 0.964. The summed E-state index contributed by atoms with van der Waals surface area (Å²) in [7, 11) is 1.82. The van der Waals surface area contributed by atoms with Gasteiger partial charge in [0, 0.05) is 13.1 Å². The van der Waals surface area contributed by atoms with Crippen LogP contribution in [0.15, 0.2) is 18.2 Å². The highest BCUT2D eigenvalue weighted by Gasteiger charge is 2.27. The van der Waals surface area contributed by atoms with Crippen molar-refractivity contribution >= 4 is 5.69 Å². The number of halogens is 1. The lowest BCUT2D eigenvalue weighted by molar-refractivity contribution is 0.215. The smallest absolute Gasteiger partial charge is 0.146 e. The average Bonchev–Trinajstić information content (AvgIpc) is 2.43. The molecule has 1 aromatic carbocycles. The van der Waals surface area contributed by atoms with Gasteiger partial charge in [-0.25, -0.2) is 4.39 Å². The molecule has 3 nitrogen and oxygen atoms in total. The highest BCUT2D eigenvalue weighted by molar-refractivity contribution is 5.57. The highest BCUT2D eigenvalue weighted by atomic mass is 19.1. The van der Waals surface area contributed by atoms with Gasteiger partial charge in [0.05, 0.1) is 17.8 Å². The third-order valence-electron chi connectivity index (χ3n) is 3.82. The van der Waals surface area contributed by atoms with Gasteiger partial charge in [-0.15, -0.1) is 0 Å². The molecule has 0 aliphatic carbocycles. The number of benzene rings is 1. The van der Waals surface area contributed by atoms with E-state index in [1.54, 1.807) is 6.07 Å². The molecule has 1 rings (SSSR count). The number of hydrogen-bond donors (Lipinski definition) is 2. The second kappa shape index (κ2) is 7.04. The third-order valence-corrected chi connectivity index (χ3v) is 3.82. The zero-order valence-electron chi connectivity index (χ0n) is 13.2. The van der Waals surface area contributed by atoms with Crippen molar-refractivity contribution in [3.05, 3.63) is 29.6 Å². The van der Waals surface area contributed by atoms with Crippen LogP contribution in [0.2, 0.25) is 0 Å². The molecule has 0 aliphatic rings. The van der Waals surface area contributed by atoms with Crippen LogP contribution in [0.4, 0.5) is 10.1 Å². The van der Waals surface area contributed by atoms with Crippen LogP contribution in [0.3, 0.4) is 0 Å². The second-order valence-corrected chi connectivity index (χ2v) is 5.88. The van der Waals surface area contributed by atoms with E-state index in [0.717, 1.165) is 18.5 Å². The number of likely N-dealkylation sites (N-methyl/N-ethyl adjacent to an activating group) is 1. The molecule has 1 unspecified atom stereocenters. The van der Waals surface area contributed by atoms with Gasteiger partial charge in [-0.05, 0) is 45.4 Å². The number of aliphatic hydroxyl groups excluding tert-OH is 1. The number of anilines is 1. The van der Waals surface area contributed by atoms with Crippen LogP contribution in [0.1, 0.15) is 45.7 Å². The van der Waals surface area contributed by atoms with Gasteiger partial charge in [0.25, 0.3) is 0 Å². The zero-order valence-corrected chi connectivity index (χ0v) is 13.2. The van der Waals surface area contributed by atoms with Crippen LogP contribution < -0.4 is 10.2 Å². The van der Waals surface area contributed by atoms with Crippen molar-refractivity contribution in [2.24, 2.45) is 0 Å². The van der Waals surface area contributed by atoms with Crippen molar-refractivity contribution in [2.75, 3.05) is 25.1 Å². The molecule has 4 heteroatoms. The first-order chi connectivity index (χ1) is 9.35. The molecule has 0 spiro atoms. The van der Waals surface area contributed by atoms with Gasteiger partial charge >= 0.3 is 0 Å². The van der Waals surface area contributed by atoms with E-state index in [2.05, 4.69) is 12.2 Å². The van der Waals surface area contributed by atoms with E-state index in [1.807, 2.05) is 38.8 Å². The van der Waals surface area contributed by atoms with Crippen molar-refractivity contribution in [1.29, 1.82) is 0 Å². The van der Waals surface area contributed by atoms with Crippen LogP contribution >= 0.6 is 0 Å². The van der Waals surface area contributed by atoms with Crippen molar-refractivity contribution < 1.29 is 9.50 Å². The number of hydrogen-bond acceptors (Lipinski definition) is 3. The Bertz CT molecular complexity index is 434. The Labute approximate surface area is 121 Å². The summed E-state index contributed by atoms with van der Waals surface area (Å²) in [6, 6.07) is 5.21. The van der Waals surface area contributed by atoms with E-state index in [0.29, 0.717) is 5.69 Å². The molecular weight excluding hydrogens is 255 g/mol. The number of nitrogens with zero attached hydrogens (tertiary/aromatic N) is 1. The predicted octanol–water partition coefficient (Wildman–Crippen LogP) is 3.09. The van der Waals surface area contributed by atoms with E-state index in [9.17, 15) is 9.50 Å². The maximum absolute atomic E-state index is 14.3. The fourth-order valence-corrected chi connectivity index (χ4v) is 2.11. The Morgan fingerprint density at radius 2 is 2.05 bits per heavy atom. The van der Waals surface area contributed by atoms with Crippen molar-refractivity contribution in [3.8, 4) is 0 Å². The molecule has 0 saturated heterocycles. The molecule has 0 aromatic heterocycles. The third kappa shape index (κ3) is 3.70. The summed E-state index contributed by atoms with van der Waals surface area (Å²) in [6.07, 6.45) is 1.03. The van der Waals surface area contributed by atoms with Gasteiger partial charge in [0.1, 0.15) is 5.82 Å². The van der Waals surface area contributed by atoms with Crippen molar-refractivity contribution in [1.82, 2.24) is 5.32 Å². The molecule has 0 fully saturated rings. The van der Waals surface area contributed by atoms with Crippen LogP contribution in [-0.4, -0.2) is 30.8 Å². The normalized spacial score (nSPS) is 13.3. The Kier molecular flexibility index (Phi) is 5.96. The minimum absolute atomic E-state index is 0.0337. The molecule has 2 N–H and O–H groups in total. The second-order valence-electron chi connectivity index (χ2n) is 5.88. The molecule has 114 valence electrons. The summed E-state index contributed by atoms with van der Waals surface area (Å²) >= 11 is 0. The first-order valence-corrected chi connectivity index (χ1v) is 7.21. The van der Waals surface area contributed by atoms with Crippen LogP contribution in [0.5, 0.6) is 0 Å². The van der Waals surface area contributed by atoms with Gasteiger partial charge in [0.15, 0.2) is 0 Å². The van der Waals surface area contributed by atoms with Crippen molar-refractivity contribution in [3.63, 3.8) is 0 Å². The fraction of sp³-hybridized carbons (Fsp3) is 0.625. The standard InChI is InChI=1S/C16H27FN2O/c1-6-10-18-12(2)13-8-7-9-14(17)15(13)19(5)16(3,4)11-20/h7-9,12,18,20H,6,10-11H2,1-5H3. The molecule has 1 atom stereocenters. The first-order valence-electron chi connectivity index (χ1n) is 7.21. The highest BCUT2D eigenvalue weighted by Crippen LogP contribution is 2.32. The average molecular weight is 282 g/mol. The van der Waals surface area contributed by atoms with Crippen molar-refractivity contribution in [2.45, 2.75) is 45.7 Å². The van der Waals surface area contributed by atoms with Gasteiger partial charge in [-0.1, -0.05) is 19.1 Å². The molecule has 0 saturated carbocycles. The Balaban J connectivity index is 3.17. The molecule has 0 amide bonds. The van der Waals surface area contributed by atoms with Gasteiger partial charge < -0.3 is 15.3 Å². The Morgan fingerprint density at radius 1 is 1.40 bits per heavy atom. The minimum Gasteiger partial charge on any atom is -0.394 e. The number of nitrogens with one attached hydrogen (secondary N) is 1. The van der Waals surface area contributed by atoms with E-state index in [1.165, 1.54) is 6.07 Å². The van der Waals surface area contributed by atoms with E-state index in [4.69, 9.17) is 0 Å². The SMILES string of the molecule is CCCNC(C)c1cccc(F)c1N(C)C(C)(C)CO. The fourth-order valence-electron chi connectivity index (χ4n) is 2.11. The van der Waals surface area contributed by atoms with Gasteiger partial charge in [-0.2, -0.15) is 0 Å². The van der Waals surface area contributed by atoms with Crippen LogP contribution in [0.25, 0.3) is 0 Å². The first kappa shape index (κ1) is 16.9. The lowest BCUT2D eigenvalue weighted by Crippen LogP contribution is -2.45. The molecule has 0 radical (unpaired) electrons. The van der Waals surface area contributed by atoms with E-state index in [-0.39, 0.29) is 18.5 Å². The number of aliphatic hydroxyl groups is 1. The maximum atomic E-state index is 14.3. The monoisotopic (exact) mass is 282 g/mol. The molecule has 20 heavy (non-hydrogen) atoms. The summed E-state index contributed by atoms with van der Waals surface area (Å²) in [5, 5.41) is 12.9. The quantitative estimate of drug-likeness (QED) is 0.806. The maximum Gasteiger partial charge on any atom is 0.146 e. The number of rotatable bonds is 7. The predicted molar refractivity (Wildman–Crippen MR) is 82.7 cm³/mol. The minimum atomic E-state index is -0.512. The summed E-state index contributed by atoms with van der Waals surface area (Å²) < 4.78 is 14.3. The number of para-hydroxylation sites is 1. The summed E-state index contributed by atoms with van der Waals surface area (Å²) in [6.45, 7) is 8.79. The molecule has 0 heterocycles. The molecule has 0 aliphatic heterocycles. The Hall–Kier alpha value is -1.13. The lowest BCUT2D eigenvalue weighted by Gasteiger charge is -2.38. The van der Waals surface area contributed by atoms with E-state index >= 15 is 0 Å². The summed E-state index contributed by atoms with van der Waals surface area (Å²) in [5.74, 6) is -0.253. The molecule has 0 bridgehead atoms. The van der Waals surface area contributed by atoms with Gasteiger partial charge in [-0.3, -0.25) is 0 Å². The van der Waals surface area contributed by atoms with E-state index < -0.39 is 5.54 Å². The zero-order chi connectivity index (χ0) is 15.3. The topological polar surface area (TPSA) is 35.5 Å². The largest absolute Gasteiger partial charge is 0.394 e. The van der Waals surface area contributed by atoms with Gasteiger partial charge in [0.2, 0.25) is 0 Å². The van der Waals surface area contributed by atoms with Crippen LogP contribution in [-0.2, 0) is 0 Å². The lowest BCUT2D eigenvalue weighted by atomic mass is 9.99. The van der Waals surface area contributed by atoms with Crippen LogP contribution in [0, 0.1) is 5.82 Å². The molecule has 1 aromatic rings. The Morgan fingerprint density at radius 3 is 2.60 bits per heavy atom.